The van der Waals surface area contributed by atoms with Crippen molar-refractivity contribution >= 4 is 17.1 Å². The minimum absolute atomic E-state index is 0.00358. The van der Waals surface area contributed by atoms with Gasteiger partial charge in [-0.25, -0.2) is 19.6 Å². The van der Waals surface area contributed by atoms with Gasteiger partial charge in [-0.3, -0.25) is 14.0 Å². The Kier molecular flexibility index (Phi) is 5.10. The van der Waals surface area contributed by atoms with Crippen molar-refractivity contribution < 1.29 is 9.90 Å². The highest BCUT2D eigenvalue weighted by Crippen LogP contribution is 2.25. The number of carboxylic acids is 1. The average Bonchev–Trinajstić information content (AvgIpc) is 3.47. The van der Waals surface area contributed by atoms with Crippen molar-refractivity contribution in [2.45, 2.75) is 25.6 Å². The zero-order chi connectivity index (χ0) is 22.2. The second-order valence-electron chi connectivity index (χ2n) is 8.17. The van der Waals surface area contributed by atoms with E-state index in [-0.39, 0.29) is 17.4 Å². The van der Waals surface area contributed by atoms with Crippen LogP contribution in [0.1, 0.15) is 34.3 Å². The number of benzene rings is 1. The first-order valence-electron chi connectivity index (χ1n) is 10.6. The van der Waals surface area contributed by atoms with Crippen molar-refractivity contribution in [1.82, 2.24) is 28.6 Å². The molecule has 1 atom stereocenters. The lowest BCUT2D eigenvalue weighted by Gasteiger charge is -2.16. The number of hydrogen-bond donors (Lipinski definition) is 1. The van der Waals surface area contributed by atoms with Gasteiger partial charge in [0.2, 0.25) is 0 Å². The summed E-state index contributed by atoms with van der Waals surface area (Å²) in [6, 6.07) is 13.7. The van der Waals surface area contributed by atoms with Gasteiger partial charge in [0.15, 0.2) is 5.65 Å². The molecule has 9 nitrogen and oxygen atoms in total. The number of carbonyl (C=O) groups is 1. The van der Waals surface area contributed by atoms with Gasteiger partial charge >= 0.3 is 11.7 Å². The average molecular weight is 432 g/mol. The van der Waals surface area contributed by atoms with Crippen molar-refractivity contribution in [3.8, 4) is 0 Å². The van der Waals surface area contributed by atoms with Crippen molar-refractivity contribution in [3.63, 3.8) is 0 Å². The number of aromatic nitrogens is 5. The SMILES string of the molecule is Cn1c(C(=O)O)cnc1CN1CC[C@H](n2c(=O)n(Cc3ccccc3)c3cccnc32)C1. The van der Waals surface area contributed by atoms with Crippen molar-refractivity contribution in [2.24, 2.45) is 7.05 Å². The topological polar surface area (TPSA) is 98.2 Å². The summed E-state index contributed by atoms with van der Waals surface area (Å²) in [5.74, 6) is -0.297. The van der Waals surface area contributed by atoms with Gasteiger partial charge in [0.1, 0.15) is 11.5 Å². The maximum absolute atomic E-state index is 13.5. The Morgan fingerprint density at radius 1 is 1.12 bits per heavy atom. The zero-order valence-corrected chi connectivity index (χ0v) is 17.8. The van der Waals surface area contributed by atoms with Crippen LogP contribution in [0.25, 0.3) is 11.2 Å². The third-order valence-electron chi connectivity index (χ3n) is 6.19. The molecule has 0 radical (unpaired) electrons. The van der Waals surface area contributed by atoms with Gasteiger partial charge in [0.25, 0.3) is 0 Å². The van der Waals surface area contributed by atoms with E-state index in [1.54, 1.807) is 22.4 Å². The minimum atomic E-state index is -0.991. The molecule has 1 aliphatic rings. The summed E-state index contributed by atoms with van der Waals surface area (Å²) < 4.78 is 5.21. The first-order chi connectivity index (χ1) is 15.5. The Balaban J connectivity index is 1.43. The van der Waals surface area contributed by atoms with Crippen molar-refractivity contribution in [1.29, 1.82) is 0 Å². The largest absolute Gasteiger partial charge is 0.477 e. The fraction of sp³-hybridized carbons (Fsp3) is 0.304. The summed E-state index contributed by atoms with van der Waals surface area (Å²) in [5.41, 5.74) is 2.70. The molecule has 4 heterocycles. The molecule has 164 valence electrons. The van der Waals surface area contributed by atoms with E-state index in [0.29, 0.717) is 31.1 Å². The van der Waals surface area contributed by atoms with E-state index in [1.165, 1.54) is 6.20 Å². The first kappa shape index (κ1) is 20.2. The highest BCUT2D eigenvalue weighted by Gasteiger charge is 2.29. The third-order valence-corrected chi connectivity index (χ3v) is 6.19. The molecule has 0 amide bonds. The fourth-order valence-corrected chi connectivity index (χ4v) is 4.52. The molecule has 1 N–H and O–H groups in total. The van der Waals surface area contributed by atoms with Gasteiger partial charge in [-0.15, -0.1) is 0 Å². The molecule has 3 aromatic heterocycles. The summed E-state index contributed by atoms with van der Waals surface area (Å²) in [5, 5.41) is 9.25. The van der Waals surface area contributed by atoms with E-state index in [1.807, 2.05) is 47.0 Å². The predicted molar refractivity (Wildman–Crippen MR) is 119 cm³/mol. The fourth-order valence-electron chi connectivity index (χ4n) is 4.52. The maximum atomic E-state index is 13.5. The van der Waals surface area contributed by atoms with Gasteiger partial charge in [-0.2, -0.15) is 0 Å². The zero-order valence-electron chi connectivity index (χ0n) is 17.8. The van der Waals surface area contributed by atoms with E-state index in [0.717, 1.165) is 24.0 Å². The number of aromatic carboxylic acids is 1. The molecule has 32 heavy (non-hydrogen) atoms. The van der Waals surface area contributed by atoms with Gasteiger partial charge < -0.3 is 9.67 Å². The molecule has 0 spiro atoms. The normalized spacial score (nSPS) is 16.7. The molecule has 9 heteroatoms. The van der Waals surface area contributed by atoms with Crippen LogP contribution in [0.3, 0.4) is 0 Å². The number of rotatable bonds is 6. The highest BCUT2D eigenvalue weighted by molar-refractivity contribution is 5.85. The summed E-state index contributed by atoms with van der Waals surface area (Å²) >= 11 is 0. The van der Waals surface area contributed by atoms with E-state index in [4.69, 9.17) is 0 Å². The number of likely N-dealkylation sites (tertiary alicyclic amines) is 1. The summed E-state index contributed by atoms with van der Waals surface area (Å²) in [6.45, 7) is 2.50. The number of imidazole rings is 2. The Bertz CT molecular complexity index is 1340. The van der Waals surface area contributed by atoms with Crippen LogP contribution in [-0.2, 0) is 20.1 Å². The van der Waals surface area contributed by atoms with Crippen LogP contribution >= 0.6 is 0 Å². The summed E-state index contributed by atoms with van der Waals surface area (Å²) in [7, 11) is 1.71. The molecule has 1 aliphatic heterocycles. The Hall–Kier alpha value is -3.72. The standard InChI is InChI=1S/C23H24N6O3/c1-26-19(22(30)31)12-25-20(26)15-27-11-9-17(14-27)29-21-18(8-5-10-24-21)28(23(29)32)13-16-6-3-2-4-7-16/h2-8,10,12,17H,9,11,13-15H2,1H3,(H,30,31)/t17-/m0/s1. The molecule has 1 aromatic carbocycles. The Morgan fingerprint density at radius 2 is 1.94 bits per heavy atom. The lowest BCUT2D eigenvalue weighted by molar-refractivity contribution is 0.0686. The van der Waals surface area contributed by atoms with Crippen molar-refractivity contribution in [2.75, 3.05) is 13.1 Å². The first-order valence-corrected chi connectivity index (χ1v) is 10.6. The second kappa shape index (κ2) is 8.08. The number of fused-ring (bicyclic) bond motifs is 1. The Labute approximate surface area is 184 Å². The van der Waals surface area contributed by atoms with Gasteiger partial charge in [0.05, 0.1) is 30.8 Å². The molecule has 0 unspecified atom stereocenters. The maximum Gasteiger partial charge on any atom is 0.354 e. The molecular weight excluding hydrogens is 408 g/mol. The molecule has 1 saturated heterocycles. The highest BCUT2D eigenvalue weighted by atomic mass is 16.4. The number of pyridine rings is 1. The van der Waals surface area contributed by atoms with E-state index in [9.17, 15) is 14.7 Å². The molecule has 0 aliphatic carbocycles. The second-order valence-corrected chi connectivity index (χ2v) is 8.17. The van der Waals surface area contributed by atoms with E-state index >= 15 is 0 Å². The summed E-state index contributed by atoms with van der Waals surface area (Å²) in [4.78, 5) is 35.8. The van der Waals surface area contributed by atoms with Crippen LogP contribution in [0.15, 0.2) is 59.7 Å². The van der Waals surface area contributed by atoms with E-state index < -0.39 is 5.97 Å². The summed E-state index contributed by atoms with van der Waals surface area (Å²) in [6.07, 6.45) is 3.92. The van der Waals surface area contributed by atoms with Gasteiger partial charge in [0, 0.05) is 26.3 Å². The molecular formula is C23H24N6O3. The van der Waals surface area contributed by atoms with Crippen molar-refractivity contribution in [3.05, 3.63) is 82.4 Å². The monoisotopic (exact) mass is 432 g/mol. The lowest BCUT2D eigenvalue weighted by atomic mass is 10.2. The predicted octanol–water partition coefficient (Wildman–Crippen LogP) is 2.12. The molecule has 0 saturated carbocycles. The number of hydrogen-bond acceptors (Lipinski definition) is 5. The smallest absolute Gasteiger partial charge is 0.354 e. The van der Waals surface area contributed by atoms with E-state index in [2.05, 4.69) is 14.9 Å². The minimum Gasteiger partial charge on any atom is -0.477 e. The lowest BCUT2D eigenvalue weighted by Crippen LogP contribution is -2.30. The van der Waals surface area contributed by atoms with Crippen LogP contribution in [0, 0.1) is 0 Å². The molecule has 5 rings (SSSR count). The van der Waals surface area contributed by atoms with Crippen LogP contribution in [0.2, 0.25) is 0 Å². The molecule has 4 aromatic rings. The quantitative estimate of drug-likeness (QED) is 0.501. The van der Waals surface area contributed by atoms with Crippen LogP contribution in [0.5, 0.6) is 0 Å². The van der Waals surface area contributed by atoms with Crippen LogP contribution in [0.4, 0.5) is 0 Å². The van der Waals surface area contributed by atoms with Crippen LogP contribution in [-0.4, -0.2) is 52.7 Å². The van der Waals surface area contributed by atoms with Crippen LogP contribution < -0.4 is 5.69 Å². The number of nitrogens with zero attached hydrogens (tertiary/aromatic N) is 6. The van der Waals surface area contributed by atoms with Gasteiger partial charge in [-0.1, -0.05) is 30.3 Å². The number of carboxylic acid groups (broad SMARTS) is 1. The Morgan fingerprint density at radius 3 is 2.69 bits per heavy atom. The molecule has 0 bridgehead atoms. The van der Waals surface area contributed by atoms with Gasteiger partial charge in [-0.05, 0) is 24.1 Å². The molecule has 1 fully saturated rings. The third kappa shape index (κ3) is 3.50.